The molecule has 6 heteroatoms. The average molecular weight is 301 g/mol. The standard InChI is InChI=1S/C16H23N5O/c1-12-15-10-14(22-16(15)19-13(2)18-12)11-20(3)7-5-9-21-8-4-6-17-21/h4,6,8,14H,5,7,9-11H2,1-3H3. The molecule has 0 saturated carbocycles. The summed E-state index contributed by atoms with van der Waals surface area (Å²) in [6, 6.07) is 1.96. The molecule has 0 aromatic carbocycles. The number of ether oxygens (including phenoxy) is 1. The SMILES string of the molecule is Cc1nc(C)c2c(n1)OC(CN(C)CCCn1cccn1)C2. The molecule has 0 N–H and O–H groups in total. The van der Waals surface area contributed by atoms with Gasteiger partial charge >= 0.3 is 0 Å². The minimum Gasteiger partial charge on any atom is -0.472 e. The highest BCUT2D eigenvalue weighted by Crippen LogP contribution is 2.28. The Labute approximate surface area is 131 Å². The molecule has 0 saturated heterocycles. The van der Waals surface area contributed by atoms with Crippen molar-refractivity contribution in [2.75, 3.05) is 20.1 Å². The molecule has 0 fully saturated rings. The maximum atomic E-state index is 5.98. The minimum absolute atomic E-state index is 0.180. The van der Waals surface area contributed by atoms with Crippen molar-refractivity contribution in [3.8, 4) is 5.88 Å². The Morgan fingerprint density at radius 1 is 1.36 bits per heavy atom. The fourth-order valence-electron chi connectivity index (χ4n) is 2.94. The summed E-state index contributed by atoms with van der Waals surface area (Å²) in [5.74, 6) is 1.56. The molecule has 0 spiro atoms. The van der Waals surface area contributed by atoms with Gasteiger partial charge in [0, 0.05) is 43.2 Å². The monoisotopic (exact) mass is 301 g/mol. The van der Waals surface area contributed by atoms with Crippen LogP contribution in [0.2, 0.25) is 0 Å². The largest absolute Gasteiger partial charge is 0.472 e. The minimum atomic E-state index is 0.180. The van der Waals surface area contributed by atoms with E-state index in [1.807, 2.05) is 37.0 Å². The zero-order valence-electron chi connectivity index (χ0n) is 13.5. The first-order valence-corrected chi connectivity index (χ1v) is 7.78. The molecule has 0 aliphatic carbocycles. The van der Waals surface area contributed by atoms with Crippen LogP contribution >= 0.6 is 0 Å². The summed E-state index contributed by atoms with van der Waals surface area (Å²) in [6.07, 6.45) is 5.99. The molecule has 0 radical (unpaired) electrons. The van der Waals surface area contributed by atoms with Gasteiger partial charge in [0.1, 0.15) is 11.9 Å². The molecule has 2 aromatic heterocycles. The Hall–Kier alpha value is -1.95. The van der Waals surface area contributed by atoms with Crippen LogP contribution in [0.15, 0.2) is 18.5 Å². The lowest BCUT2D eigenvalue weighted by Gasteiger charge is -2.20. The molecule has 1 aliphatic heterocycles. The van der Waals surface area contributed by atoms with Crippen molar-refractivity contribution in [2.24, 2.45) is 0 Å². The van der Waals surface area contributed by atoms with Gasteiger partial charge in [-0.2, -0.15) is 10.1 Å². The lowest BCUT2D eigenvalue weighted by atomic mass is 10.1. The fourth-order valence-corrected chi connectivity index (χ4v) is 2.94. The molecule has 1 aliphatic rings. The van der Waals surface area contributed by atoms with Crippen molar-refractivity contribution in [1.29, 1.82) is 0 Å². The molecule has 3 rings (SSSR count). The lowest BCUT2D eigenvalue weighted by Crippen LogP contribution is -2.33. The van der Waals surface area contributed by atoms with Gasteiger partial charge in [-0.1, -0.05) is 0 Å². The first-order chi connectivity index (χ1) is 10.6. The van der Waals surface area contributed by atoms with E-state index in [0.29, 0.717) is 0 Å². The molecule has 6 nitrogen and oxygen atoms in total. The second-order valence-corrected chi connectivity index (χ2v) is 5.97. The van der Waals surface area contributed by atoms with Crippen LogP contribution in [0.4, 0.5) is 0 Å². The van der Waals surface area contributed by atoms with Gasteiger partial charge in [0.25, 0.3) is 0 Å². The molecule has 3 heterocycles. The Bertz CT molecular complexity index is 626. The average Bonchev–Trinajstić information content (AvgIpc) is 3.08. The topological polar surface area (TPSA) is 56.1 Å². The quantitative estimate of drug-likeness (QED) is 0.811. The number of likely N-dealkylation sites (N-methyl/N-ethyl adjacent to an activating group) is 1. The van der Waals surface area contributed by atoms with E-state index in [1.165, 1.54) is 5.56 Å². The van der Waals surface area contributed by atoms with Gasteiger partial charge in [0.2, 0.25) is 5.88 Å². The van der Waals surface area contributed by atoms with E-state index in [1.54, 1.807) is 0 Å². The maximum absolute atomic E-state index is 5.98. The number of rotatable bonds is 6. The van der Waals surface area contributed by atoms with Crippen LogP contribution in [0.3, 0.4) is 0 Å². The molecule has 0 amide bonds. The number of hydrogen-bond acceptors (Lipinski definition) is 5. The van der Waals surface area contributed by atoms with Crippen molar-refractivity contribution in [3.63, 3.8) is 0 Å². The number of aromatic nitrogens is 4. The molecular formula is C16H23N5O. The van der Waals surface area contributed by atoms with Crippen molar-refractivity contribution < 1.29 is 4.74 Å². The van der Waals surface area contributed by atoms with E-state index in [-0.39, 0.29) is 6.10 Å². The van der Waals surface area contributed by atoms with Crippen LogP contribution in [0.25, 0.3) is 0 Å². The van der Waals surface area contributed by atoms with E-state index in [9.17, 15) is 0 Å². The summed E-state index contributed by atoms with van der Waals surface area (Å²) in [5.41, 5.74) is 2.21. The highest BCUT2D eigenvalue weighted by Gasteiger charge is 2.27. The van der Waals surface area contributed by atoms with E-state index >= 15 is 0 Å². The number of fused-ring (bicyclic) bond motifs is 1. The van der Waals surface area contributed by atoms with Crippen molar-refractivity contribution in [3.05, 3.63) is 35.5 Å². The Balaban J connectivity index is 1.47. The van der Waals surface area contributed by atoms with Gasteiger partial charge in [0.05, 0.1) is 0 Å². The predicted molar refractivity (Wildman–Crippen MR) is 84.0 cm³/mol. The molecule has 1 unspecified atom stereocenters. The smallest absolute Gasteiger partial charge is 0.220 e. The van der Waals surface area contributed by atoms with Gasteiger partial charge in [-0.3, -0.25) is 4.68 Å². The highest BCUT2D eigenvalue weighted by atomic mass is 16.5. The van der Waals surface area contributed by atoms with Crippen LogP contribution in [-0.4, -0.2) is 50.9 Å². The van der Waals surface area contributed by atoms with Gasteiger partial charge in [-0.25, -0.2) is 4.98 Å². The predicted octanol–water partition coefficient (Wildman–Crippen LogP) is 1.62. The zero-order chi connectivity index (χ0) is 15.5. The van der Waals surface area contributed by atoms with Gasteiger partial charge < -0.3 is 9.64 Å². The molecule has 22 heavy (non-hydrogen) atoms. The summed E-state index contributed by atoms with van der Waals surface area (Å²) < 4.78 is 7.95. The summed E-state index contributed by atoms with van der Waals surface area (Å²) in [7, 11) is 2.14. The van der Waals surface area contributed by atoms with Crippen LogP contribution in [0.5, 0.6) is 5.88 Å². The molecule has 118 valence electrons. The van der Waals surface area contributed by atoms with E-state index < -0.39 is 0 Å². The van der Waals surface area contributed by atoms with Crippen molar-refractivity contribution >= 4 is 0 Å². The van der Waals surface area contributed by atoms with E-state index in [0.717, 1.165) is 49.9 Å². The Morgan fingerprint density at radius 3 is 3.00 bits per heavy atom. The zero-order valence-corrected chi connectivity index (χ0v) is 13.5. The third-order valence-corrected chi connectivity index (χ3v) is 4.00. The Kier molecular flexibility index (Phi) is 4.38. The van der Waals surface area contributed by atoms with Gasteiger partial charge in [0.15, 0.2) is 0 Å². The van der Waals surface area contributed by atoms with Crippen LogP contribution in [0.1, 0.15) is 23.5 Å². The normalized spacial score (nSPS) is 16.8. The molecule has 0 bridgehead atoms. The summed E-state index contributed by atoms with van der Waals surface area (Å²) in [6.45, 7) is 6.83. The summed E-state index contributed by atoms with van der Waals surface area (Å²) in [4.78, 5) is 11.1. The summed E-state index contributed by atoms with van der Waals surface area (Å²) >= 11 is 0. The van der Waals surface area contributed by atoms with Crippen molar-refractivity contribution in [2.45, 2.75) is 39.3 Å². The van der Waals surface area contributed by atoms with Crippen LogP contribution < -0.4 is 4.74 Å². The summed E-state index contributed by atoms with van der Waals surface area (Å²) in [5, 5.41) is 4.22. The second-order valence-electron chi connectivity index (χ2n) is 5.97. The van der Waals surface area contributed by atoms with E-state index in [2.05, 4.69) is 27.0 Å². The third-order valence-electron chi connectivity index (χ3n) is 4.00. The van der Waals surface area contributed by atoms with Crippen LogP contribution in [0, 0.1) is 13.8 Å². The third kappa shape index (κ3) is 3.44. The number of hydrogen-bond donors (Lipinski definition) is 0. The molecule has 2 aromatic rings. The molecular weight excluding hydrogens is 278 g/mol. The van der Waals surface area contributed by atoms with Gasteiger partial charge in [-0.05, 0) is 39.9 Å². The highest BCUT2D eigenvalue weighted by molar-refractivity contribution is 5.34. The van der Waals surface area contributed by atoms with Gasteiger partial charge in [-0.15, -0.1) is 0 Å². The second kappa shape index (κ2) is 6.44. The van der Waals surface area contributed by atoms with Crippen LogP contribution in [-0.2, 0) is 13.0 Å². The molecule has 1 atom stereocenters. The fraction of sp³-hybridized carbons (Fsp3) is 0.562. The maximum Gasteiger partial charge on any atom is 0.220 e. The van der Waals surface area contributed by atoms with Crippen molar-refractivity contribution in [1.82, 2.24) is 24.6 Å². The first kappa shape index (κ1) is 15.0. The van der Waals surface area contributed by atoms with E-state index in [4.69, 9.17) is 4.74 Å². The first-order valence-electron chi connectivity index (χ1n) is 7.78. The Morgan fingerprint density at radius 2 is 2.23 bits per heavy atom. The number of nitrogens with zero attached hydrogens (tertiary/aromatic N) is 5. The number of aryl methyl sites for hydroxylation is 3. The lowest BCUT2D eigenvalue weighted by molar-refractivity contribution is 0.162.